The molecule has 17 heavy (non-hydrogen) atoms. The van der Waals surface area contributed by atoms with Crippen molar-refractivity contribution in [2.24, 2.45) is 5.92 Å². The van der Waals surface area contributed by atoms with E-state index in [2.05, 4.69) is 13.8 Å². The Labute approximate surface area is 107 Å². The molecule has 0 aliphatic rings. The highest BCUT2D eigenvalue weighted by molar-refractivity contribution is 6.31. The highest BCUT2D eigenvalue weighted by Crippen LogP contribution is 2.20. The van der Waals surface area contributed by atoms with Crippen molar-refractivity contribution in [3.05, 3.63) is 34.6 Å². The fourth-order valence-electron chi connectivity index (χ4n) is 1.85. The second-order valence-electron chi connectivity index (χ2n) is 4.34. The molecule has 94 valence electrons. The highest BCUT2D eigenvalue weighted by Gasteiger charge is 2.12. The first kappa shape index (κ1) is 14.2. The van der Waals surface area contributed by atoms with Crippen molar-refractivity contribution in [2.75, 3.05) is 0 Å². The fraction of sp³-hybridized carbons (Fsp3) is 0.500. The van der Waals surface area contributed by atoms with Gasteiger partial charge in [0.15, 0.2) is 0 Å². The molecular weight excluding hydrogens is 239 g/mol. The molecule has 0 heterocycles. The van der Waals surface area contributed by atoms with E-state index in [9.17, 15) is 9.18 Å². The lowest BCUT2D eigenvalue weighted by atomic mass is 9.94. The van der Waals surface area contributed by atoms with Gasteiger partial charge < -0.3 is 0 Å². The van der Waals surface area contributed by atoms with Crippen molar-refractivity contribution in [3.8, 4) is 0 Å². The van der Waals surface area contributed by atoms with Gasteiger partial charge in [0.25, 0.3) is 0 Å². The van der Waals surface area contributed by atoms with E-state index in [1.54, 1.807) is 6.07 Å². The molecule has 0 aromatic heterocycles. The molecule has 0 bridgehead atoms. The number of carbonyl (C=O) groups is 1. The minimum absolute atomic E-state index is 0.173. The summed E-state index contributed by atoms with van der Waals surface area (Å²) in [6, 6.07) is 4.18. The normalized spacial score (nSPS) is 10.9. The quantitative estimate of drug-likeness (QED) is 0.737. The Balaban J connectivity index is 2.62. The van der Waals surface area contributed by atoms with Crippen LogP contribution in [-0.2, 0) is 11.2 Å². The van der Waals surface area contributed by atoms with Crippen LogP contribution in [0.3, 0.4) is 0 Å². The number of Topliss-reactive ketones (excluding diaryl/α,β-unsaturated/α-hetero) is 1. The summed E-state index contributed by atoms with van der Waals surface area (Å²) in [6.07, 6.45) is 2.91. The van der Waals surface area contributed by atoms with Crippen LogP contribution in [0.5, 0.6) is 0 Å². The molecule has 1 aromatic rings. The van der Waals surface area contributed by atoms with Crippen LogP contribution in [0.25, 0.3) is 0 Å². The van der Waals surface area contributed by atoms with E-state index >= 15 is 0 Å². The lowest BCUT2D eigenvalue weighted by Crippen LogP contribution is -2.10. The van der Waals surface area contributed by atoms with Crippen LogP contribution in [0.15, 0.2) is 18.2 Å². The number of hydrogen-bond donors (Lipinski definition) is 0. The van der Waals surface area contributed by atoms with E-state index in [-0.39, 0.29) is 11.6 Å². The van der Waals surface area contributed by atoms with Gasteiger partial charge in [-0.05, 0) is 23.6 Å². The maximum absolute atomic E-state index is 12.8. The Hall–Kier alpha value is -0.890. The fourth-order valence-corrected chi connectivity index (χ4v) is 2.08. The van der Waals surface area contributed by atoms with Crippen LogP contribution in [0.1, 0.15) is 38.7 Å². The van der Waals surface area contributed by atoms with Crippen LogP contribution < -0.4 is 0 Å². The molecule has 0 unspecified atom stereocenters. The summed E-state index contributed by atoms with van der Waals surface area (Å²) < 4.78 is 12.8. The first-order chi connectivity index (χ1) is 8.06. The predicted octanol–water partition coefficient (Wildman–Crippen LogP) is 4.42. The van der Waals surface area contributed by atoms with E-state index < -0.39 is 0 Å². The largest absolute Gasteiger partial charge is 0.299 e. The third kappa shape index (κ3) is 4.47. The van der Waals surface area contributed by atoms with Crippen molar-refractivity contribution in [2.45, 2.75) is 39.5 Å². The van der Waals surface area contributed by atoms with Crippen LogP contribution in [0.4, 0.5) is 4.39 Å². The number of halogens is 2. The zero-order chi connectivity index (χ0) is 12.8. The average molecular weight is 257 g/mol. The Bertz CT molecular complexity index is 386. The number of ketones is 1. The van der Waals surface area contributed by atoms with E-state index in [4.69, 9.17) is 11.6 Å². The topological polar surface area (TPSA) is 17.1 Å². The van der Waals surface area contributed by atoms with Gasteiger partial charge in [-0.2, -0.15) is 0 Å². The van der Waals surface area contributed by atoms with Gasteiger partial charge in [-0.15, -0.1) is 0 Å². The smallest absolute Gasteiger partial charge is 0.137 e. The highest BCUT2D eigenvalue weighted by atomic mass is 35.5. The first-order valence-corrected chi connectivity index (χ1v) is 6.40. The predicted molar refractivity (Wildman–Crippen MR) is 68.8 cm³/mol. The minimum atomic E-state index is -0.369. The lowest BCUT2D eigenvalue weighted by molar-refractivity contribution is -0.119. The van der Waals surface area contributed by atoms with Crippen molar-refractivity contribution >= 4 is 17.4 Å². The van der Waals surface area contributed by atoms with E-state index in [0.717, 1.165) is 12.8 Å². The third-order valence-electron chi connectivity index (χ3n) is 3.07. The zero-order valence-electron chi connectivity index (χ0n) is 10.3. The molecule has 0 aliphatic heterocycles. The summed E-state index contributed by atoms with van der Waals surface area (Å²) in [6.45, 7) is 4.18. The van der Waals surface area contributed by atoms with Gasteiger partial charge in [-0.25, -0.2) is 4.39 Å². The molecule has 0 N–H and O–H groups in total. The second kappa shape index (κ2) is 6.75. The van der Waals surface area contributed by atoms with E-state index in [0.29, 0.717) is 29.3 Å². The summed E-state index contributed by atoms with van der Waals surface area (Å²) in [5.41, 5.74) is 0.712. The van der Waals surface area contributed by atoms with Gasteiger partial charge in [0.1, 0.15) is 11.6 Å². The number of benzene rings is 1. The van der Waals surface area contributed by atoms with Crippen molar-refractivity contribution in [1.29, 1.82) is 0 Å². The first-order valence-electron chi connectivity index (χ1n) is 6.02. The Morgan fingerprint density at radius 1 is 1.35 bits per heavy atom. The average Bonchev–Trinajstić information content (AvgIpc) is 2.29. The number of rotatable bonds is 6. The molecular formula is C14H18ClFO. The summed E-state index contributed by atoms with van der Waals surface area (Å²) in [4.78, 5) is 11.8. The maximum atomic E-state index is 12.8. The molecule has 0 radical (unpaired) electrons. The van der Waals surface area contributed by atoms with Gasteiger partial charge >= 0.3 is 0 Å². The monoisotopic (exact) mass is 256 g/mol. The maximum Gasteiger partial charge on any atom is 0.137 e. The summed E-state index contributed by atoms with van der Waals surface area (Å²) in [7, 11) is 0. The zero-order valence-corrected chi connectivity index (χ0v) is 11.1. The molecule has 1 aromatic carbocycles. The lowest BCUT2D eigenvalue weighted by Gasteiger charge is -2.11. The number of hydrogen-bond acceptors (Lipinski definition) is 1. The van der Waals surface area contributed by atoms with Crippen molar-refractivity contribution < 1.29 is 9.18 Å². The molecule has 0 saturated heterocycles. The van der Waals surface area contributed by atoms with Gasteiger partial charge in [-0.1, -0.05) is 44.4 Å². The standard InChI is InChI=1S/C14H18ClFO/c1-3-10(4-2)7-13(17)8-11-5-6-12(16)9-14(11)15/h5-6,9-10H,3-4,7-8H2,1-2H3. The van der Waals surface area contributed by atoms with E-state index in [1.165, 1.54) is 12.1 Å². The van der Waals surface area contributed by atoms with Gasteiger partial charge in [0.2, 0.25) is 0 Å². The van der Waals surface area contributed by atoms with Gasteiger partial charge in [0.05, 0.1) is 0 Å². The molecule has 0 amide bonds. The summed E-state index contributed by atoms with van der Waals surface area (Å²) >= 11 is 5.89. The SMILES string of the molecule is CCC(CC)CC(=O)Cc1ccc(F)cc1Cl. The van der Waals surface area contributed by atoms with E-state index in [1.807, 2.05) is 0 Å². The molecule has 1 rings (SSSR count). The van der Waals surface area contributed by atoms with Crippen LogP contribution >= 0.6 is 11.6 Å². The van der Waals surface area contributed by atoms with Crippen LogP contribution in [-0.4, -0.2) is 5.78 Å². The van der Waals surface area contributed by atoms with Crippen LogP contribution in [0.2, 0.25) is 5.02 Å². The minimum Gasteiger partial charge on any atom is -0.299 e. The molecule has 0 saturated carbocycles. The Morgan fingerprint density at radius 3 is 2.53 bits per heavy atom. The summed E-state index contributed by atoms with van der Waals surface area (Å²) in [5.74, 6) is 0.250. The molecule has 3 heteroatoms. The van der Waals surface area contributed by atoms with Gasteiger partial charge in [0, 0.05) is 17.9 Å². The molecule has 0 atom stereocenters. The van der Waals surface area contributed by atoms with Crippen LogP contribution in [0, 0.1) is 11.7 Å². The second-order valence-corrected chi connectivity index (χ2v) is 4.75. The van der Waals surface area contributed by atoms with Crippen molar-refractivity contribution in [1.82, 2.24) is 0 Å². The molecule has 1 nitrogen and oxygen atoms in total. The summed E-state index contributed by atoms with van der Waals surface area (Å²) in [5, 5.41) is 0.336. The molecule has 0 spiro atoms. The molecule has 0 aliphatic carbocycles. The van der Waals surface area contributed by atoms with Crippen molar-refractivity contribution in [3.63, 3.8) is 0 Å². The Kier molecular flexibility index (Phi) is 5.63. The van der Waals surface area contributed by atoms with Gasteiger partial charge in [-0.3, -0.25) is 4.79 Å². The Morgan fingerprint density at radius 2 is 2.00 bits per heavy atom. The third-order valence-corrected chi connectivity index (χ3v) is 3.43. The number of carbonyl (C=O) groups excluding carboxylic acids is 1. The molecule has 0 fully saturated rings.